The van der Waals surface area contributed by atoms with Crippen LogP contribution in [0.1, 0.15) is 30.0 Å². The first kappa shape index (κ1) is 20.1. The predicted molar refractivity (Wildman–Crippen MR) is 103 cm³/mol. The van der Waals surface area contributed by atoms with Crippen molar-refractivity contribution in [1.82, 2.24) is 9.88 Å². The summed E-state index contributed by atoms with van der Waals surface area (Å²) in [5, 5.41) is 3.43. The van der Waals surface area contributed by atoms with E-state index in [0.29, 0.717) is 18.3 Å². The van der Waals surface area contributed by atoms with Gasteiger partial charge >= 0.3 is 5.97 Å². The van der Waals surface area contributed by atoms with E-state index in [-0.39, 0.29) is 25.0 Å². The maximum atomic E-state index is 12.4. The third-order valence-corrected chi connectivity index (χ3v) is 4.68. The maximum absolute atomic E-state index is 12.4. The largest absolute Gasteiger partial charge is 0.465 e. The van der Waals surface area contributed by atoms with Crippen LogP contribution in [-0.4, -0.2) is 41.5 Å². The SMILES string of the molecule is CCOC(=O)CN(CC(=O)Nc1nc(CC)c(C)s1)Cc1ccccc1. The predicted octanol–water partition coefficient (Wildman–Crippen LogP) is 3.02. The van der Waals surface area contributed by atoms with E-state index in [0.717, 1.165) is 22.6 Å². The van der Waals surface area contributed by atoms with Crippen LogP contribution in [0, 0.1) is 6.92 Å². The van der Waals surface area contributed by atoms with E-state index >= 15 is 0 Å². The van der Waals surface area contributed by atoms with Gasteiger partial charge in [-0.3, -0.25) is 14.5 Å². The minimum Gasteiger partial charge on any atom is -0.465 e. The average molecular weight is 375 g/mol. The molecule has 1 aromatic heterocycles. The lowest BCUT2D eigenvalue weighted by Crippen LogP contribution is -2.37. The Morgan fingerprint density at radius 2 is 1.92 bits per heavy atom. The van der Waals surface area contributed by atoms with Crippen LogP contribution < -0.4 is 5.32 Å². The Morgan fingerprint density at radius 1 is 1.19 bits per heavy atom. The monoisotopic (exact) mass is 375 g/mol. The molecular formula is C19H25N3O3S. The second-order valence-corrected chi connectivity index (χ2v) is 7.06. The molecule has 1 aromatic carbocycles. The van der Waals surface area contributed by atoms with Gasteiger partial charge in [-0.2, -0.15) is 0 Å². The molecule has 0 fully saturated rings. The van der Waals surface area contributed by atoms with E-state index in [1.54, 1.807) is 11.8 Å². The van der Waals surface area contributed by atoms with Crippen LogP contribution in [0.25, 0.3) is 0 Å². The van der Waals surface area contributed by atoms with Crippen molar-refractivity contribution in [2.45, 2.75) is 33.7 Å². The fourth-order valence-corrected chi connectivity index (χ4v) is 3.49. The molecule has 2 rings (SSSR count). The summed E-state index contributed by atoms with van der Waals surface area (Å²) >= 11 is 1.47. The zero-order valence-electron chi connectivity index (χ0n) is 15.4. The maximum Gasteiger partial charge on any atom is 0.320 e. The Hall–Kier alpha value is -2.25. The van der Waals surface area contributed by atoms with Gasteiger partial charge in [0, 0.05) is 11.4 Å². The lowest BCUT2D eigenvalue weighted by Gasteiger charge is -2.20. The van der Waals surface area contributed by atoms with Crippen molar-refractivity contribution in [1.29, 1.82) is 0 Å². The third-order valence-electron chi connectivity index (χ3n) is 3.75. The molecule has 0 aliphatic heterocycles. The average Bonchev–Trinajstić information content (AvgIpc) is 2.95. The highest BCUT2D eigenvalue weighted by molar-refractivity contribution is 7.15. The van der Waals surface area contributed by atoms with Gasteiger partial charge in [-0.15, -0.1) is 11.3 Å². The molecule has 0 aliphatic carbocycles. The van der Waals surface area contributed by atoms with E-state index in [2.05, 4.69) is 10.3 Å². The Labute approximate surface area is 158 Å². The van der Waals surface area contributed by atoms with Gasteiger partial charge in [0.25, 0.3) is 0 Å². The van der Waals surface area contributed by atoms with Gasteiger partial charge < -0.3 is 10.1 Å². The summed E-state index contributed by atoms with van der Waals surface area (Å²) in [6.45, 7) is 6.76. The highest BCUT2D eigenvalue weighted by Gasteiger charge is 2.17. The number of esters is 1. The molecule has 0 spiro atoms. The van der Waals surface area contributed by atoms with Crippen molar-refractivity contribution < 1.29 is 14.3 Å². The number of carbonyl (C=O) groups excluding carboxylic acids is 2. The van der Waals surface area contributed by atoms with Crippen molar-refractivity contribution >= 4 is 28.3 Å². The first-order valence-electron chi connectivity index (χ1n) is 8.69. The fourth-order valence-electron chi connectivity index (χ4n) is 2.57. The van der Waals surface area contributed by atoms with Crippen LogP contribution in [0.5, 0.6) is 0 Å². The number of anilines is 1. The summed E-state index contributed by atoms with van der Waals surface area (Å²) in [4.78, 5) is 31.6. The summed E-state index contributed by atoms with van der Waals surface area (Å²) in [5.41, 5.74) is 2.03. The molecule has 140 valence electrons. The molecule has 1 N–H and O–H groups in total. The molecule has 0 saturated carbocycles. The lowest BCUT2D eigenvalue weighted by molar-refractivity contribution is -0.144. The summed E-state index contributed by atoms with van der Waals surface area (Å²) in [5.74, 6) is -0.531. The second kappa shape index (κ2) is 10.0. The van der Waals surface area contributed by atoms with Gasteiger partial charge in [-0.1, -0.05) is 37.3 Å². The second-order valence-electron chi connectivity index (χ2n) is 5.86. The van der Waals surface area contributed by atoms with Crippen LogP contribution in [0.2, 0.25) is 0 Å². The Morgan fingerprint density at radius 3 is 2.54 bits per heavy atom. The first-order valence-corrected chi connectivity index (χ1v) is 9.51. The van der Waals surface area contributed by atoms with Crippen LogP contribution in [0.3, 0.4) is 0 Å². The summed E-state index contributed by atoms with van der Waals surface area (Å²) in [7, 11) is 0. The normalized spacial score (nSPS) is 10.8. The molecule has 0 atom stereocenters. The molecule has 26 heavy (non-hydrogen) atoms. The topological polar surface area (TPSA) is 71.5 Å². The number of hydrogen-bond acceptors (Lipinski definition) is 6. The number of hydrogen-bond donors (Lipinski definition) is 1. The van der Waals surface area contributed by atoms with Crippen molar-refractivity contribution in [2.24, 2.45) is 0 Å². The van der Waals surface area contributed by atoms with E-state index in [1.807, 2.05) is 44.2 Å². The van der Waals surface area contributed by atoms with E-state index in [9.17, 15) is 9.59 Å². The molecule has 0 unspecified atom stereocenters. The Kier molecular flexibility index (Phi) is 7.74. The molecule has 1 amide bonds. The summed E-state index contributed by atoms with van der Waals surface area (Å²) in [6.07, 6.45) is 0.835. The molecule has 7 heteroatoms. The van der Waals surface area contributed by atoms with E-state index in [1.165, 1.54) is 11.3 Å². The summed E-state index contributed by atoms with van der Waals surface area (Å²) in [6, 6.07) is 9.73. The molecule has 6 nitrogen and oxygen atoms in total. The molecule has 1 heterocycles. The molecular weight excluding hydrogens is 350 g/mol. The van der Waals surface area contributed by atoms with Crippen LogP contribution >= 0.6 is 11.3 Å². The number of ether oxygens (including phenoxy) is 1. The number of aryl methyl sites for hydroxylation is 2. The van der Waals surface area contributed by atoms with Gasteiger partial charge in [0.15, 0.2) is 5.13 Å². The van der Waals surface area contributed by atoms with Gasteiger partial charge in [-0.05, 0) is 25.8 Å². The van der Waals surface area contributed by atoms with Gasteiger partial charge in [0.2, 0.25) is 5.91 Å². The minimum absolute atomic E-state index is 0.0628. The highest BCUT2D eigenvalue weighted by Crippen LogP contribution is 2.22. The van der Waals surface area contributed by atoms with Crippen molar-refractivity contribution in [3.05, 3.63) is 46.5 Å². The number of carbonyl (C=O) groups is 2. The number of rotatable bonds is 9. The van der Waals surface area contributed by atoms with Crippen molar-refractivity contribution in [3.8, 4) is 0 Å². The smallest absolute Gasteiger partial charge is 0.320 e. The minimum atomic E-state index is -0.338. The number of amides is 1. The molecule has 0 saturated heterocycles. The molecule has 0 aliphatic rings. The third kappa shape index (κ3) is 6.24. The van der Waals surface area contributed by atoms with Crippen LogP contribution in [-0.2, 0) is 27.3 Å². The van der Waals surface area contributed by atoms with E-state index < -0.39 is 0 Å². The number of thiazole rings is 1. The fraction of sp³-hybridized carbons (Fsp3) is 0.421. The zero-order chi connectivity index (χ0) is 18.9. The first-order chi connectivity index (χ1) is 12.5. The van der Waals surface area contributed by atoms with Gasteiger partial charge in [-0.25, -0.2) is 4.98 Å². The Bertz CT molecular complexity index is 731. The number of nitrogens with one attached hydrogen (secondary N) is 1. The quantitative estimate of drug-likeness (QED) is 0.682. The number of nitrogens with zero attached hydrogens (tertiary/aromatic N) is 2. The molecule has 0 radical (unpaired) electrons. The molecule has 0 bridgehead atoms. The number of benzene rings is 1. The van der Waals surface area contributed by atoms with Crippen molar-refractivity contribution in [3.63, 3.8) is 0 Å². The van der Waals surface area contributed by atoms with Gasteiger partial charge in [0.1, 0.15) is 0 Å². The summed E-state index contributed by atoms with van der Waals surface area (Å²) < 4.78 is 5.02. The standard InChI is InChI=1S/C19H25N3O3S/c1-4-16-14(3)26-19(20-16)21-17(23)12-22(13-18(24)25-5-2)11-15-9-7-6-8-10-15/h6-10H,4-5,11-13H2,1-3H3,(H,20,21,23). The van der Waals surface area contributed by atoms with Crippen molar-refractivity contribution in [2.75, 3.05) is 25.0 Å². The van der Waals surface area contributed by atoms with Gasteiger partial charge in [0.05, 0.1) is 25.4 Å². The highest BCUT2D eigenvalue weighted by atomic mass is 32.1. The van der Waals surface area contributed by atoms with Crippen LogP contribution in [0.15, 0.2) is 30.3 Å². The number of aromatic nitrogens is 1. The Balaban J connectivity index is 2.01. The molecule has 2 aromatic rings. The lowest BCUT2D eigenvalue weighted by atomic mass is 10.2. The zero-order valence-corrected chi connectivity index (χ0v) is 16.3. The van der Waals surface area contributed by atoms with Crippen LogP contribution in [0.4, 0.5) is 5.13 Å². The van der Waals surface area contributed by atoms with E-state index in [4.69, 9.17) is 4.74 Å².